The van der Waals surface area contributed by atoms with E-state index >= 15 is 0 Å². The second-order valence-electron chi connectivity index (χ2n) is 6.23. The second-order valence-corrected chi connectivity index (χ2v) is 7.82. The van der Waals surface area contributed by atoms with Gasteiger partial charge in [-0.25, -0.2) is 4.79 Å². The molecule has 3 nitrogen and oxygen atoms in total. The number of rotatable bonds is 2. The number of halogens is 2. The third kappa shape index (κ3) is 3.58. The van der Waals surface area contributed by atoms with Gasteiger partial charge in [-0.05, 0) is 63.7 Å². The normalized spacial score (nSPS) is 13.4. The zero-order chi connectivity index (χ0) is 18.1. The zero-order valence-corrected chi connectivity index (χ0v) is 16.2. The van der Waals surface area contributed by atoms with E-state index in [0.29, 0.717) is 28.8 Å². The molecule has 26 heavy (non-hydrogen) atoms. The Morgan fingerprint density at radius 3 is 2.65 bits per heavy atom. The van der Waals surface area contributed by atoms with Gasteiger partial charge in [0.15, 0.2) is 0 Å². The van der Waals surface area contributed by atoms with Crippen molar-refractivity contribution in [1.29, 1.82) is 0 Å². The number of carbonyl (C=O) groups is 1. The Labute approximate surface area is 166 Å². The van der Waals surface area contributed by atoms with E-state index in [-0.39, 0.29) is 6.03 Å². The fourth-order valence-corrected chi connectivity index (χ4v) is 4.07. The van der Waals surface area contributed by atoms with Crippen LogP contribution < -0.4 is 5.32 Å². The van der Waals surface area contributed by atoms with Crippen molar-refractivity contribution < 1.29 is 4.79 Å². The molecule has 0 unspecified atom stereocenters. The molecular weight excluding hydrogens is 387 g/mol. The fraction of sp³-hybridized carbons (Fsp3) is 0.150. The standard InChI is InChI=1S/C20H16Cl2N2OS/c21-18-4-3-17(10-19(18)22)23-20(25)24-7-5-14-9-13(1-2-15(14)11-24)16-6-8-26-12-16/h1-4,6,8-10,12H,5,7,11H2,(H,23,25). The van der Waals surface area contributed by atoms with Crippen molar-refractivity contribution in [3.63, 3.8) is 0 Å². The minimum atomic E-state index is -0.129. The van der Waals surface area contributed by atoms with Gasteiger partial charge in [-0.2, -0.15) is 11.3 Å². The Bertz CT molecular complexity index is 956. The van der Waals surface area contributed by atoms with Crippen molar-refractivity contribution in [3.8, 4) is 11.1 Å². The van der Waals surface area contributed by atoms with Crippen LogP contribution in [-0.4, -0.2) is 17.5 Å². The van der Waals surface area contributed by atoms with Gasteiger partial charge < -0.3 is 10.2 Å². The van der Waals surface area contributed by atoms with Crippen LogP contribution in [0, 0.1) is 0 Å². The third-order valence-electron chi connectivity index (χ3n) is 4.53. The summed E-state index contributed by atoms with van der Waals surface area (Å²) >= 11 is 13.6. The van der Waals surface area contributed by atoms with E-state index in [2.05, 4.69) is 40.3 Å². The maximum Gasteiger partial charge on any atom is 0.322 e. The number of benzene rings is 2. The van der Waals surface area contributed by atoms with Crippen molar-refractivity contribution >= 4 is 46.3 Å². The second kappa shape index (κ2) is 7.31. The minimum Gasteiger partial charge on any atom is -0.320 e. The molecule has 4 rings (SSSR count). The maximum absolute atomic E-state index is 12.6. The monoisotopic (exact) mass is 402 g/mol. The van der Waals surface area contributed by atoms with Crippen LogP contribution in [0.2, 0.25) is 10.0 Å². The van der Waals surface area contributed by atoms with E-state index in [1.807, 2.05) is 4.90 Å². The number of anilines is 1. The largest absolute Gasteiger partial charge is 0.322 e. The van der Waals surface area contributed by atoms with Gasteiger partial charge in [0.2, 0.25) is 0 Å². The average molecular weight is 403 g/mol. The van der Waals surface area contributed by atoms with Crippen LogP contribution in [0.4, 0.5) is 10.5 Å². The molecular formula is C20H16Cl2N2OS. The Morgan fingerprint density at radius 2 is 1.88 bits per heavy atom. The molecule has 1 aromatic heterocycles. The molecule has 1 aliphatic heterocycles. The zero-order valence-electron chi connectivity index (χ0n) is 13.8. The maximum atomic E-state index is 12.6. The minimum absolute atomic E-state index is 0.129. The summed E-state index contributed by atoms with van der Waals surface area (Å²) in [5.74, 6) is 0. The number of hydrogen-bond acceptors (Lipinski definition) is 2. The predicted molar refractivity (Wildman–Crippen MR) is 109 cm³/mol. The van der Waals surface area contributed by atoms with Crippen molar-refractivity contribution in [2.45, 2.75) is 13.0 Å². The number of amides is 2. The average Bonchev–Trinajstić information content (AvgIpc) is 3.18. The molecule has 132 valence electrons. The fourth-order valence-electron chi connectivity index (χ4n) is 3.11. The van der Waals surface area contributed by atoms with Crippen LogP contribution in [0.25, 0.3) is 11.1 Å². The van der Waals surface area contributed by atoms with Crippen LogP contribution in [0.3, 0.4) is 0 Å². The number of nitrogens with zero attached hydrogens (tertiary/aromatic N) is 1. The molecule has 0 spiro atoms. The molecule has 0 aliphatic carbocycles. The van der Waals surface area contributed by atoms with Crippen LogP contribution in [0.1, 0.15) is 11.1 Å². The summed E-state index contributed by atoms with van der Waals surface area (Å²) in [6.07, 6.45) is 0.849. The van der Waals surface area contributed by atoms with Crippen LogP contribution in [0.15, 0.2) is 53.2 Å². The van der Waals surface area contributed by atoms with E-state index in [0.717, 1.165) is 6.42 Å². The first kappa shape index (κ1) is 17.4. The lowest BCUT2D eigenvalue weighted by molar-refractivity contribution is 0.206. The Hall–Kier alpha value is -2.01. The van der Waals surface area contributed by atoms with Gasteiger partial charge in [-0.3, -0.25) is 0 Å². The van der Waals surface area contributed by atoms with Crippen molar-refractivity contribution in [3.05, 3.63) is 74.4 Å². The number of hydrogen-bond donors (Lipinski definition) is 1. The van der Waals surface area contributed by atoms with Gasteiger partial charge in [-0.1, -0.05) is 41.4 Å². The van der Waals surface area contributed by atoms with E-state index in [1.165, 1.54) is 22.3 Å². The molecule has 2 heterocycles. The van der Waals surface area contributed by atoms with Crippen molar-refractivity contribution in [1.82, 2.24) is 4.90 Å². The summed E-state index contributed by atoms with van der Waals surface area (Å²) in [6.45, 7) is 1.29. The quantitative estimate of drug-likeness (QED) is 0.534. The lowest BCUT2D eigenvalue weighted by Crippen LogP contribution is -2.38. The van der Waals surface area contributed by atoms with Gasteiger partial charge in [0.1, 0.15) is 0 Å². The Balaban J connectivity index is 1.47. The molecule has 6 heteroatoms. The highest BCUT2D eigenvalue weighted by Crippen LogP contribution is 2.29. The molecule has 0 saturated heterocycles. The molecule has 1 aliphatic rings. The molecule has 2 aromatic carbocycles. The third-order valence-corrected chi connectivity index (χ3v) is 5.95. The van der Waals surface area contributed by atoms with Gasteiger partial charge in [0, 0.05) is 18.8 Å². The summed E-state index contributed by atoms with van der Waals surface area (Å²) in [5.41, 5.74) is 5.63. The number of fused-ring (bicyclic) bond motifs is 1. The molecule has 0 atom stereocenters. The molecule has 1 N–H and O–H groups in total. The summed E-state index contributed by atoms with van der Waals surface area (Å²) < 4.78 is 0. The van der Waals surface area contributed by atoms with Crippen LogP contribution in [-0.2, 0) is 13.0 Å². The highest BCUT2D eigenvalue weighted by Gasteiger charge is 2.21. The highest BCUT2D eigenvalue weighted by molar-refractivity contribution is 7.08. The van der Waals surface area contributed by atoms with Gasteiger partial charge in [-0.15, -0.1) is 0 Å². The van der Waals surface area contributed by atoms with Crippen molar-refractivity contribution in [2.75, 3.05) is 11.9 Å². The van der Waals surface area contributed by atoms with Gasteiger partial charge in [0.05, 0.1) is 10.0 Å². The Kier molecular flexibility index (Phi) is 4.90. The van der Waals surface area contributed by atoms with Crippen LogP contribution in [0.5, 0.6) is 0 Å². The van der Waals surface area contributed by atoms with E-state index < -0.39 is 0 Å². The smallest absolute Gasteiger partial charge is 0.320 e. The molecule has 0 bridgehead atoms. The molecule has 0 fully saturated rings. The Morgan fingerprint density at radius 1 is 1.00 bits per heavy atom. The van der Waals surface area contributed by atoms with E-state index in [1.54, 1.807) is 29.5 Å². The summed E-state index contributed by atoms with van der Waals surface area (Å²) in [4.78, 5) is 14.4. The number of thiophene rings is 1. The molecule has 3 aromatic rings. The lowest BCUT2D eigenvalue weighted by atomic mass is 9.95. The number of carbonyl (C=O) groups excluding carboxylic acids is 1. The summed E-state index contributed by atoms with van der Waals surface area (Å²) in [6, 6.07) is 13.6. The van der Waals surface area contributed by atoms with Crippen LogP contribution >= 0.6 is 34.5 Å². The summed E-state index contributed by atoms with van der Waals surface area (Å²) in [7, 11) is 0. The first-order chi connectivity index (χ1) is 12.6. The summed E-state index contributed by atoms with van der Waals surface area (Å²) in [5, 5.41) is 8.03. The first-order valence-electron chi connectivity index (χ1n) is 8.25. The highest BCUT2D eigenvalue weighted by atomic mass is 35.5. The van der Waals surface area contributed by atoms with Crippen molar-refractivity contribution in [2.24, 2.45) is 0 Å². The van der Waals surface area contributed by atoms with Gasteiger partial charge in [0.25, 0.3) is 0 Å². The molecule has 0 saturated carbocycles. The lowest BCUT2D eigenvalue weighted by Gasteiger charge is -2.29. The number of urea groups is 1. The topological polar surface area (TPSA) is 32.3 Å². The van der Waals surface area contributed by atoms with E-state index in [9.17, 15) is 4.79 Å². The van der Waals surface area contributed by atoms with Gasteiger partial charge >= 0.3 is 6.03 Å². The first-order valence-corrected chi connectivity index (χ1v) is 9.95. The SMILES string of the molecule is O=C(Nc1ccc(Cl)c(Cl)c1)N1CCc2cc(-c3ccsc3)ccc2C1. The molecule has 0 radical (unpaired) electrons. The van der Waals surface area contributed by atoms with E-state index in [4.69, 9.17) is 23.2 Å². The molecule has 2 amide bonds. The number of nitrogens with one attached hydrogen (secondary N) is 1. The predicted octanol–water partition coefficient (Wildman–Crippen LogP) is 6.31.